The number of carbonyl (C=O) groups is 1. The smallest absolute Gasteiger partial charge is 0.272 e. The monoisotopic (exact) mass is 397 g/mol. The van der Waals surface area contributed by atoms with E-state index in [0.717, 1.165) is 21.1 Å². The minimum Gasteiger partial charge on any atom is -0.365 e. The van der Waals surface area contributed by atoms with E-state index in [9.17, 15) is 4.79 Å². The molecule has 0 saturated heterocycles. The number of fused-ring (bicyclic) bond motifs is 1. The number of carbonyl (C=O) groups excluding carboxylic acids is 1. The quantitative estimate of drug-likeness (QED) is 0.532. The van der Waals surface area contributed by atoms with E-state index in [1.165, 1.54) is 11.3 Å². The summed E-state index contributed by atoms with van der Waals surface area (Å²) in [5.41, 5.74) is 2.11. The second-order valence-corrected chi connectivity index (χ2v) is 7.30. The predicted octanol–water partition coefficient (Wildman–Crippen LogP) is 4.08. The summed E-state index contributed by atoms with van der Waals surface area (Å²) in [4.78, 5) is 22.6. The first-order valence-corrected chi connectivity index (χ1v) is 9.49. The number of halogens is 1. The number of rotatable bonds is 5. The van der Waals surface area contributed by atoms with Crippen LogP contribution in [0.25, 0.3) is 16.2 Å². The lowest BCUT2D eigenvalue weighted by Crippen LogP contribution is -2.23. The lowest BCUT2D eigenvalue weighted by atomic mass is 10.2. The Morgan fingerprint density at radius 3 is 2.78 bits per heavy atom. The molecule has 0 spiro atoms. The number of nitrogens with one attached hydrogen (secondary N) is 2. The van der Waals surface area contributed by atoms with Crippen LogP contribution in [0, 0.1) is 0 Å². The maximum atomic E-state index is 12.8. The van der Waals surface area contributed by atoms with E-state index in [1.54, 1.807) is 18.3 Å². The van der Waals surface area contributed by atoms with Gasteiger partial charge in [0.05, 0.1) is 16.6 Å². The number of thiazole rings is 1. The highest BCUT2D eigenvalue weighted by Gasteiger charge is 2.19. The third kappa shape index (κ3) is 3.51. The summed E-state index contributed by atoms with van der Waals surface area (Å²) in [5, 5.41) is 7.41. The van der Waals surface area contributed by atoms with Gasteiger partial charge >= 0.3 is 0 Å². The summed E-state index contributed by atoms with van der Waals surface area (Å²) in [7, 11) is 1.82. The molecule has 8 heteroatoms. The maximum Gasteiger partial charge on any atom is 0.272 e. The van der Waals surface area contributed by atoms with E-state index in [4.69, 9.17) is 11.6 Å². The average Bonchev–Trinajstić information content (AvgIpc) is 3.32. The number of pyridine rings is 1. The Kier molecular flexibility index (Phi) is 4.79. The van der Waals surface area contributed by atoms with Crippen molar-refractivity contribution in [3.8, 4) is 10.7 Å². The van der Waals surface area contributed by atoms with Crippen molar-refractivity contribution < 1.29 is 4.79 Å². The van der Waals surface area contributed by atoms with Crippen LogP contribution < -0.4 is 10.6 Å². The van der Waals surface area contributed by atoms with Crippen molar-refractivity contribution in [1.82, 2.24) is 19.7 Å². The van der Waals surface area contributed by atoms with E-state index < -0.39 is 0 Å². The molecule has 0 fully saturated rings. The van der Waals surface area contributed by atoms with Crippen LogP contribution >= 0.6 is 22.9 Å². The van der Waals surface area contributed by atoms with Crippen LogP contribution in [-0.2, 0) is 6.54 Å². The van der Waals surface area contributed by atoms with Gasteiger partial charge in [-0.25, -0.2) is 9.97 Å². The van der Waals surface area contributed by atoms with Crippen LogP contribution in [0.4, 0.5) is 5.13 Å². The first-order chi connectivity index (χ1) is 13.2. The van der Waals surface area contributed by atoms with Crippen molar-refractivity contribution in [2.24, 2.45) is 0 Å². The van der Waals surface area contributed by atoms with Gasteiger partial charge in [0.2, 0.25) is 0 Å². The molecule has 0 radical (unpaired) electrons. The highest BCUT2D eigenvalue weighted by Crippen LogP contribution is 2.29. The second-order valence-electron chi connectivity index (χ2n) is 5.83. The molecule has 2 N–H and O–H groups in total. The SMILES string of the molecule is CNc1ncc(-c2nc(C(=O)NCc3ccc(Cl)cc3)c3ccccn23)s1. The Morgan fingerprint density at radius 1 is 1.22 bits per heavy atom. The van der Waals surface area contributed by atoms with Gasteiger partial charge in [-0.05, 0) is 29.8 Å². The molecule has 0 bridgehead atoms. The molecule has 1 aromatic carbocycles. The summed E-state index contributed by atoms with van der Waals surface area (Å²) >= 11 is 7.39. The molecule has 4 aromatic rings. The van der Waals surface area contributed by atoms with Gasteiger partial charge in [0.1, 0.15) is 0 Å². The van der Waals surface area contributed by atoms with Crippen molar-refractivity contribution in [3.05, 3.63) is 71.1 Å². The number of hydrogen-bond donors (Lipinski definition) is 2. The maximum absolute atomic E-state index is 12.8. The van der Waals surface area contributed by atoms with Crippen molar-refractivity contribution in [3.63, 3.8) is 0 Å². The van der Waals surface area contributed by atoms with Gasteiger partial charge in [-0.15, -0.1) is 0 Å². The Hall–Kier alpha value is -2.90. The van der Waals surface area contributed by atoms with Crippen LogP contribution in [-0.4, -0.2) is 27.3 Å². The van der Waals surface area contributed by atoms with E-state index >= 15 is 0 Å². The molecule has 0 saturated carbocycles. The van der Waals surface area contributed by atoms with E-state index in [-0.39, 0.29) is 5.91 Å². The van der Waals surface area contributed by atoms with Crippen LogP contribution in [0.3, 0.4) is 0 Å². The predicted molar refractivity (Wildman–Crippen MR) is 108 cm³/mol. The number of anilines is 1. The normalized spacial score (nSPS) is 10.9. The molecule has 6 nitrogen and oxygen atoms in total. The van der Waals surface area contributed by atoms with Gasteiger partial charge in [0.25, 0.3) is 5.91 Å². The zero-order valence-corrected chi connectivity index (χ0v) is 16.0. The molecule has 3 aromatic heterocycles. The largest absolute Gasteiger partial charge is 0.365 e. The second kappa shape index (κ2) is 7.38. The Balaban J connectivity index is 1.65. The van der Waals surface area contributed by atoms with Crippen LogP contribution in [0.5, 0.6) is 0 Å². The molecule has 3 heterocycles. The van der Waals surface area contributed by atoms with Gasteiger partial charge in [-0.2, -0.15) is 0 Å². The Morgan fingerprint density at radius 2 is 2.04 bits per heavy atom. The number of amides is 1. The number of benzene rings is 1. The van der Waals surface area contributed by atoms with Crippen molar-refractivity contribution in [2.45, 2.75) is 6.54 Å². The number of imidazole rings is 1. The molecule has 0 atom stereocenters. The van der Waals surface area contributed by atoms with Gasteiger partial charge < -0.3 is 10.6 Å². The third-order valence-corrected chi connectivity index (χ3v) is 5.33. The molecule has 0 aliphatic rings. The number of hydrogen-bond acceptors (Lipinski definition) is 5. The van der Waals surface area contributed by atoms with Gasteiger partial charge in [-0.1, -0.05) is 41.1 Å². The molecule has 1 amide bonds. The summed E-state index contributed by atoms with van der Waals surface area (Å²) in [6, 6.07) is 13.1. The molecule has 27 heavy (non-hydrogen) atoms. The van der Waals surface area contributed by atoms with Gasteiger partial charge in [-0.3, -0.25) is 9.20 Å². The highest BCUT2D eigenvalue weighted by molar-refractivity contribution is 7.18. The minimum absolute atomic E-state index is 0.224. The fraction of sp³-hybridized carbons (Fsp3) is 0.105. The van der Waals surface area contributed by atoms with Crippen LogP contribution in [0.2, 0.25) is 5.02 Å². The third-order valence-electron chi connectivity index (χ3n) is 4.07. The molecule has 4 rings (SSSR count). The molecular formula is C19H16ClN5OS. The van der Waals surface area contributed by atoms with E-state index in [1.807, 2.05) is 48.0 Å². The topological polar surface area (TPSA) is 71.3 Å². The lowest BCUT2D eigenvalue weighted by Gasteiger charge is -2.04. The molecular weight excluding hydrogens is 382 g/mol. The molecule has 0 aliphatic carbocycles. The zero-order valence-electron chi connectivity index (χ0n) is 14.4. The lowest BCUT2D eigenvalue weighted by molar-refractivity contribution is 0.0948. The number of nitrogens with zero attached hydrogens (tertiary/aromatic N) is 3. The minimum atomic E-state index is -0.224. The fourth-order valence-corrected chi connectivity index (χ4v) is 3.62. The van der Waals surface area contributed by atoms with Gasteiger partial charge in [0, 0.05) is 24.8 Å². The zero-order chi connectivity index (χ0) is 18.8. The van der Waals surface area contributed by atoms with Crippen molar-refractivity contribution in [1.29, 1.82) is 0 Å². The Labute approximate surface area is 164 Å². The summed E-state index contributed by atoms with van der Waals surface area (Å²) in [6.45, 7) is 0.404. The summed E-state index contributed by atoms with van der Waals surface area (Å²) in [5.74, 6) is 0.472. The molecule has 0 aliphatic heterocycles. The highest BCUT2D eigenvalue weighted by atomic mass is 35.5. The van der Waals surface area contributed by atoms with E-state index in [0.29, 0.717) is 23.1 Å². The summed E-state index contributed by atoms with van der Waals surface area (Å²) in [6.07, 6.45) is 3.65. The first-order valence-electron chi connectivity index (χ1n) is 8.29. The Bertz CT molecular complexity index is 1100. The van der Waals surface area contributed by atoms with Crippen molar-refractivity contribution >= 4 is 39.5 Å². The van der Waals surface area contributed by atoms with Crippen molar-refractivity contribution in [2.75, 3.05) is 12.4 Å². The van der Waals surface area contributed by atoms with Gasteiger partial charge in [0.15, 0.2) is 16.6 Å². The average molecular weight is 398 g/mol. The number of aromatic nitrogens is 3. The standard InChI is InChI=1S/C19H16ClN5OS/c1-21-19-23-11-15(27-19)17-24-16(14-4-2-3-9-25(14)17)18(26)22-10-12-5-7-13(20)8-6-12/h2-9,11H,10H2,1H3,(H,21,23)(H,22,26). The fourth-order valence-electron chi connectivity index (χ4n) is 2.74. The summed E-state index contributed by atoms with van der Waals surface area (Å²) < 4.78 is 1.91. The first kappa shape index (κ1) is 17.5. The van der Waals surface area contributed by atoms with E-state index in [2.05, 4.69) is 20.6 Å². The van der Waals surface area contributed by atoms with Crippen LogP contribution in [0.15, 0.2) is 54.9 Å². The molecule has 136 valence electrons. The molecule has 0 unspecified atom stereocenters. The van der Waals surface area contributed by atoms with Crippen LogP contribution in [0.1, 0.15) is 16.1 Å².